The summed E-state index contributed by atoms with van der Waals surface area (Å²) >= 11 is 2.10. The summed E-state index contributed by atoms with van der Waals surface area (Å²) < 4.78 is 26.0. The van der Waals surface area contributed by atoms with E-state index in [0.717, 1.165) is 17.1 Å². The van der Waals surface area contributed by atoms with Crippen LogP contribution >= 0.6 is 22.6 Å². The van der Waals surface area contributed by atoms with E-state index in [0.29, 0.717) is 44.4 Å². The first kappa shape index (κ1) is 32.4. The second-order valence-corrected chi connectivity index (χ2v) is 11.3. The fraction of sp³-hybridized carbons (Fsp3) is 0.171. The summed E-state index contributed by atoms with van der Waals surface area (Å²) in [6.45, 7) is 6.35. The third kappa shape index (κ3) is 8.36. The summed E-state index contributed by atoms with van der Waals surface area (Å²) in [4.78, 5) is 25.0. The van der Waals surface area contributed by atoms with Gasteiger partial charge in [0.15, 0.2) is 23.9 Å². The van der Waals surface area contributed by atoms with Crippen LogP contribution in [0.5, 0.6) is 17.2 Å². The zero-order valence-corrected chi connectivity index (χ0v) is 27.7. The van der Waals surface area contributed by atoms with Crippen LogP contribution < -0.4 is 25.0 Å². The Balaban J connectivity index is 1.14. The zero-order chi connectivity index (χ0) is 32.5. The molecule has 10 nitrogen and oxygen atoms in total. The van der Waals surface area contributed by atoms with Crippen molar-refractivity contribution in [3.8, 4) is 22.9 Å². The molecule has 0 radical (unpaired) electrons. The minimum absolute atomic E-state index is 0.103. The Labute approximate surface area is 280 Å². The molecule has 0 aliphatic carbocycles. The second-order valence-electron chi connectivity index (χ2n) is 10.2. The molecule has 0 aliphatic rings. The van der Waals surface area contributed by atoms with E-state index in [9.17, 15) is 9.59 Å². The highest BCUT2D eigenvalue weighted by molar-refractivity contribution is 14.1. The molecule has 2 heterocycles. The summed E-state index contributed by atoms with van der Waals surface area (Å²) in [5.74, 6) is 1.39. The Morgan fingerprint density at radius 3 is 2.37 bits per heavy atom. The van der Waals surface area contributed by atoms with Crippen molar-refractivity contribution in [2.24, 2.45) is 5.10 Å². The number of anilines is 1. The first-order valence-electron chi connectivity index (χ1n) is 14.5. The van der Waals surface area contributed by atoms with Crippen LogP contribution in [-0.4, -0.2) is 35.8 Å². The van der Waals surface area contributed by atoms with Gasteiger partial charge in [0.05, 0.1) is 16.4 Å². The Morgan fingerprint density at radius 2 is 1.65 bits per heavy atom. The molecule has 0 unspecified atom stereocenters. The Bertz CT molecular complexity index is 1810. The molecule has 11 heteroatoms. The Kier molecular flexibility index (Phi) is 10.8. The lowest BCUT2D eigenvalue weighted by atomic mass is 10.2. The lowest BCUT2D eigenvalue weighted by molar-refractivity contribution is -0.118. The van der Waals surface area contributed by atoms with E-state index in [-0.39, 0.29) is 24.9 Å². The van der Waals surface area contributed by atoms with E-state index in [1.807, 2.05) is 49.4 Å². The van der Waals surface area contributed by atoms with Crippen molar-refractivity contribution in [1.82, 2.24) is 9.99 Å². The molecular weight excluding hydrogens is 699 g/mol. The van der Waals surface area contributed by atoms with Crippen LogP contribution in [0.3, 0.4) is 0 Å². The maximum atomic E-state index is 12.7. The van der Waals surface area contributed by atoms with Crippen LogP contribution in [0.15, 0.2) is 101 Å². The molecule has 2 N–H and O–H groups in total. The number of nitrogens with zero attached hydrogens (tertiary/aromatic N) is 2. The SMILES string of the molecule is CCOc1cc(/C=N/NC(=O)c2ccc(COc3ccc(-n4c(C)ccc4C)cc3)o2)cc(I)c1OCC(=O)Nc1ccccc1. The minimum Gasteiger partial charge on any atom is -0.490 e. The number of aryl methyl sites for hydroxylation is 2. The number of para-hydroxylation sites is 1. The third-order valence-corrected chi connectivity index (χ3v) is 7.55. The first-order valence-corrected chi connectivity index (χ1v) is 15.6. The topological polar surface area (TPSA) is 116 Å². The number of halogens is 1. The number of nitrogens with one attached hydrogen (secondary N) is 2. The number of hydrogen-bond donors (Lipinski definition) is 2. The minimum atomic E-state index is -0.506. The van der Waals surface area contributed by atoms with Crippen LogP contribution in [0.25, 0.3) is 5.69 Å². The highest BCUT2D eigenvalue weighted by Gasteiger charge is 2.15. The maximum Gasteiger partial charge on any atom is 0.307 e. The van der Waals surface area contributed by atoms with Gasteiger partial charge in [-0.2, -0.15) is 5.10 Å². The standard InChI is InChI=1S/C35H33IN4O6/c1-4-43-32-19-25(18-30(36)34(32)45-22-33(41)38-26-8-6-5-7-9-26)20-37-39-35(42)31-17-16-29(46-31)21-44-28-14-12-27(13-15-28)40-23(2)10-11-24(40)3/h5-20H,4,21-22H2,1-3H3,(H,38,41)(H,39,42)/b37-20+. The van der Waals surface area contributed by atoms with Crippen molar-refractivity contribution in [2.45, 2.75) is 27.4 Å². The van der Waals surface area contributed by atoms with Gasteiger partial charge in [0, 0.05) is 22.8 Å². The number of hydrogen-bond acceptors (Lipinski definition) is 7. The van der Waals surface area contributed by atoms with E-state index in [1.165, 1.54) is 6.21 Å². The molecule has 5 aromatic rings. The molecule has 0 fully saturated rings. The molecule has 0 saturated heterocycles. The van der Waals surface area contributed by atoms with Gasteiger partial charge in [0.25, 0.3) is 5.91 Å². The lowest BCUT2D eigenvalue weighted by Gasteiger charge is -2.14. The van der Waals surface area contributed by atoms with Crippen molar-refractivity contribution in [3.05, 3.63) is 123 Å². The molecule has 0 atom stereocenters. The number of carbonyl (C=O) groups is 2. The molecule has 3 aromatic carbocycles. The monoisotopic (exact) mass is 732 g/mol. The number of ether oxygens (including phenoxy) is 3. The van der Waals surface area contributed by atoms with E-state index in [2.05, 4.69) is 69.0 Å². The van der Waals surface area contributed by atoms with Crippen LogP contribution in [0.4, 0.5) is 5.69 Å². The quantitative estimate of drug-likeness (QED) is 0.0762. The molecule has 2 aromatic heterocycles. The molecule has 46 heavy (non-hydrogen) atoms. The summed E-state index contributed by atoms with van der Waals surface area (Å²) in [5.41, 5.74) is 7.20. The van der Waals surface area contributed by atoms with Gasteiger partial charge < -0.3 is 28.5 Å². The van der Waals surface area contributed by atoms with Gasteiger partial charge in [-0.3, -0.25) is 9.59 Å². The Hall–Kier alpha value is -5.04. The summed E-state index contributed by atoms with van der Waals surface area (Å²) in [7, 11) is 0. The zero-order valence-electron chi connectivity index (χ0n) is 25.6. The van der Waals surface area contributed by atoms with E-state index in [4.69, 9.17) is 18.6 Å². The molecule has 0 saturated carbocycles. The van der Waals surface area contributed by atoms with E-state index < -0.39 is 5.91 Å². The van der Waals surface area contributed by atoms with Crippen LogP contribution in [0.2, 0.25) is 0 Å². The Morgan fingerprint density at radius 1 is 0.913 bits per heavy atom. The predicted octanol–water partition coefficient (Wildman–Crippen LogP) is 7.05. The van der Waals surface area contributed by atoms with Crippen LogP contribution in [0, 0.1) is 17.4 Å². The molecule has 0 spiro atoms. The highest BCUT2D eigenvalue weighted by atomic mass is 127. The number of aromatic nitrogens is 1. The van der Waals surface area contributed by atoms with Gasteiger partial charge in [-0.05, 0) is 122 Å². The fourth-order valence-electron chi connectivity index (χ4n) is 4.64. The molecular formula is C35H33IN4O6. The number of rotatable bonds is 13. The molecule has 5 rings (SSSR count). The van der Waals surface area contributed by atoms with Crippen molar-refractivity contribution < 1.29 is 28.2 Å². The maximum absolute atomic E-state index is 12.7. The van der Waals surface area contributed by atoms with E-state index in [1.54, 1.807) is 36.4 Å². The predicted molar refractivity (Wildman–Crippen MR) is 184 cm³/mol. The second kappa shape index (κ2) is 15.3. The highest BCUT2D eigenvalue weighted by Crippen LogP contribution is 2.34. The molecule has 236 valence electrons. The third-order valence-electron chi connectivity index (χ3n) is 6.75. The summed E-state index contributed by atoms with van der Waals surface area (Å²) in [6, 6.07) is 27.9. The lowest BCUT2D eigenvalue weighted by Crippen LogP contribution is -2.20. The molecule has 2 amide bonds. The van der Waals surface area contributed by atoms with Crippen molar-refractivity contribution in [1.29, 1.82) is 0 Å². The van der Waals surface area contributed by atoms with Gasteiger partial charge in [-0.15, -0.1) is 0 Å². The summed E-state index contributed by atoms with van der Waals surface area (Å²) in [5, 5.41) is 6.86. The van der Waals surface area contributed by atoms with Crippen molar-refractivity contribution in [2.75, 3.05) is 18.5 Å². The van der Waals surface area contributed by atoms with Gasteiger partial charge in [-0.1, -0.05) is 18.2 Å². The number of amides is 2. The largest absolute Gasteiger partial charge is 0.490 e. The van der Waals surface area contributed by atoms with Gasteiger partial charge >= 0.3 is 5.91 Å². The summed E-state index contributed by atoms with van der Waals surface area (Å²) in [6.07, 6.45) is 1.49. The number of hydrazone groups is 1. The fourth-order valence-corrected chi connectivity index (χ4v) is 5.42. The first-order chi connectivity index (χ1) is 22.3. The normalized spacial score (nSPS) is 11.0. The van der Waals surface area contributed by atoms with Crippen molar-refractivity contribution in [3.63, 3.8) is 0 Å². The number of benzene rings is 3. The average molecular weight is 733 g/mol. The van der Waals surface area contributed by atoms with Crippen molar-refractivity contribution >= 4 is 46.3 Å². The van der Waals surface area contributed by atoms with Crippen LogP contribution in [0.1, 0.15) is 40.2 Å². The van der Waals surface area contributed by atoms with Gasteiger partial charge in [-0.25, -0.2) is 5.43 Å². The smallest absolute Gasteiger partial charge is 0.307 e. The molecule has 0 aliphatic heterocycles. The number of furan rings is 1. The molecule has 0 bridgehead atoms. The van der Waals surface area contributed by atoms with Gasteiger partial charge in [0.1, 0.15) is 18.1 Å². The van der Waals surface area contributed by atoms with Gasteiger partial charge in [0.2, 0.25) is 0 Å². The number of carbonyl (C=O) groups excluding carboxylic acids is 2. The van der Waals surface area contributed by atoms with Crippen LogP contribution in [-0.2, 0) is 11.4 Å². The van der Waals surface area contributed by atoms with E-state index >= 15 is 0 Å². The average Bonchev–Trinajstić information content (AvgIpc) is 3.66.